The predicted octanol–water partition coefficient (Wildman–Crippen LogP) is 1.28. The molecule has 3 aromatic heterocycles. The third kappa shape index (κ3) is 5.18. The van der Waals surface area contributed by atoms with E-state index in [1.54, 1.807) is 11.7 Å². The van der Waals surface area contributed by atoms with Crippen molar-refractivity contribution < 1.29 is 0 Å². The molecule has 3 heterocycles. The lowest BCUT2D eigenvalue weighted by atomic mass is 10.2. The number of aromatic nitrogens is 5. The zero-order chi connectivity index (χ0) is 17.1. The van der Waals surface area contributed by atoms with Crippen molar-refractivity contribution in [2.45, 2.75) is 6.54 Å². The maximum Gasteiger partial charge on any atom is 0.241 e. The minimum Gasteiger partial charge on any atom is -0.370 e. The zero-order valence-corrected chi connectivity index (χ0v) is 16.1. The molecule has 140 valence electrons. The smallest absolute Gasteiger partial charge is 0.241 e. The van der Waals surface area contributed by atoms with Crippen LogP contribution in [0.15, 0.2) is 28.6 Å². The Hall–Kier alpha value is -2.63. The van der Waals surface area contributed by atoms with Crippen molar-refractivity contribution in [3.05, 3.63) is 29.3 Å². The highest BCUT2D eigenvalue weighted by Crippen LogP contribution is 2.25. The van der Waals surface area contributed by atoms with Gasteiger partial charge in [0.2, 0.25) is 17.0 Å². The van der Waals surface area contributed by atoms with E-state index in [9.17, 15) is 0 Å². The number of nitrogens with two attached hydrogens (primary N) is 3. The molecule has 0 aliphatic rings. The Kier molecular flexibility index (Phi) is 7.56. The van der Waals surface area contributed by atoms with Gasteiger partial charge in [-0.1, -0.05) is 6.07 Å². The van der Waals surface area contributed by atoms with E-state index < -0.39 is 0 Å². The molecule has 0 radical (unpaired) electrons. The summed E-state index contributed by atoms with van der Waals surface area (Å²) in [7, 11) is 1.76. The van der Waals surface area contributed by atoms with Gasteiger partial charge in [0.25, 0.3) is 0 Å². The summed E-state index contributed by atoms with van der Waals surface area (Å²) in [5.74, 6) is 0.768. The van der Waals surface area contributed by atoms with Gasteiger partial charge in [0.15, 0.2) is 5.96 Å². The van der Waals surface area contributed by atoms with Crippen molar-refractivity contribution >= 4 is 59.1 Å². The van der Waals surface area contributed by atoms with E-state index in [1.807, 2.05) is 23.6 Å². The van der Waals surface area contributed by atoms with Crippen LogP contribution in [0.3, 0.4) is 0 Å². The standard InChI is InChI=1S/C13H16N10S.2ClH/c1-23-12(21-11(16)22-23)17-5-7-3-2-4-8(18-7)9-6-24-13(19-9)20-10(14)15;;/h2-4,6H,5H2,1H3,(H4,14,15,19,20)(H3,16,17,21,22);2*1H. The summed E-state index contributed by atoms with van der Waals surface area (Å²) in [5, 5.41) is 9.45. The van der Waals surface area contributed by atoms with E-state index in [0.29, 0.717) is 23.3 Å². The van der Waals surface area contributed by atoms with Crippen molar-refractivity contribution in [2.75, 3.05) is 11.1 Å². The fraction of sp³-hybridized carbons (Fsp3) is 0.154. The first-order chi connectivity index (χ1) is 11.5. The number of hydrogen-bond acceptors (Lipinski definition) is 8. The number of halogens is 2. The first-order valence-electron chi connectivity index (χ1n) is 6.93. The number of thiazole rings is 1. The van der Waals surface area contributed by atoms with Gasteiger partial charge in [-0.15, -0.1) is 41.2 Å². The molecule has 13 heteroatoms. The molecule has 0 aliphatic carbocycles. The van der Waals surface area contributed by atoms with Crippen molar-refractivity contribution in [1.29, 1.82) is 0 Å². The van der Waals surface area contributed by atoms with E-state index in [0.717, 1.165) is 11.4 Å². The molecule has 0 atom stereocenters. The minimum absolute atomic E-state index is 0. The van der Waals surface area contributed by atoms with Crippen LogP contribution in [-0.4, -0.2) is 30.7 Å². The summed E-state index contributed by atoms with van der Waals surface area (Å²) < 4.78 is 1.57. The predicted molar refractivity (Wildman–Crippen MR) is 108 cm³/mol. The molecule has 0 bridgehead atoms. The van der Waals surface area contributed by atoms with Crippen LogP contribution in [0.1, 0.15) is 5.69 Å². The molecule has 3 rings (SSSR count). The lowest BCUT2D eigenvalue weighted by Crippen LogP contribution is -2.21. The van der Waals surface area contributed by atoms with Gasteiger partial charge in [-0.05, 0) is 12.1 Å². The molecular weight excluding hydrogens is 399 g/mol. The van der Waals surface area contributed by atoms with Crippen molar-refractivity contribution in [3.63, 3.8) is 0 Å². The van der Waals surface area contributed by atoms with E-state index in [1.165, 1.54) is 11.3 Å². The average molecular weight is 417 g/mol. The Bertz CT molecular complexity index is 887. The number of nitrogen functional groups attached to an aromatic ring is 1. The van der Waals surface area contributed by atoms with Gasteiger partial charge >= 0.3 is 0 Å². The number of guanidine groups is 1. The third-order valence-electron chi connectivity index (χ3n) is 2.99. The highest BCUT2D eigenvalue weighted by atomic mass is 35.5. The Morgan fingerprint density at radius 3 is 2.62 bits per heavy atom. The summed E-state index contributed by atoms with van der Waals surface area (Å²) in [5.41, 5.74) is 18.5. The summed E-state index contributed by atoms with van der Waals surface area (Å²) in [6.07, 6.45) is 0. The van der Waals surface area contributed by atoms with E-state index in [4.69, 9.17) is 17.2 Å². The number of anilines is 2. The molecule has 0 saturated heterocycles. The Balaban J connectivity index is 0.00000169. The quantitative estimate of drug-likeness (QED) is 0.357. The molecule has 0 amide bonds. The summed E-state index contributed by atoms with van der Waals surface area (Å²) in [6, 6.07) is 5.68. The largest absolute Gasteiger partial charge is 0.370 e. The van der Waals surface area contributed by atoms with E-state index in [-0.39, 0.29) is 36.7 Å². The molecule has 7 N–H and O–H groups in total. The normalized spacial score (nSPS) is 9.73. The molecule has 0 unspecified atom stereocenters. The van der Waals surface area contributed by atoms with Crippen LogP contribution in [0.25, 0.3) is 11.4 Å². The fourth-order valence-corrected chi connectivity index (χ4v) is 2.69. The number of nitrogens with one attached hydrogen (secondary N) is 1. The average Bonchev–Trinajstić information content (AvgIpc) is 3.11. The Labute approximate surface area is 165 Å². The van der Waals surface area contributed by atoms with Crippen LogP contribution in [-0.2, 0) is 13.6 Å². The topological polar surface area (TPSA) is 159 Å². The second-order valence-corrected chi connectivity index (χ2v) is 5.67. The number of nitrogens with zero attached hydrogens (tertiary/aromatic N) is 6. The monoisotopic (exact) mass is 416 g/mol. The van der Waals surface area contributed by atoms with Crippen LogP contribution in [0.5, 0.6) is 0 Å². The zero-order valence-electron chi connectivity index (χ0n) is 13.7. The highest BCUT2D eigenvalue weighted by Gasteiger charge is 2.08. The lowest BCUT2D eigenvalue weighted by Gasteiger charge is -2.05. The van der Waals surface area contributed by atoms with Gasteiger partial charge in [-0.3, -0.25) is 0 Å². The van der Waals surface area contributed by atoms with Gasteiger partial charge < -0.3 is 22.5 Å². The summed E-state index contributed by atoms with van der Waals surface area (Å²) >= 11 is 1.34. The van der Waals surface area contributed by atoms with Crippen molar-refractivity contribution in [2.24, 2.45) is 23.5 Å². The number of pyridine rings is 1. The molecule has 0 aromatic carbocycles. The molecule has 0 saturated carbocycles. The van der Waals surface area contributed by atoms with Crippen LogP contribution >= 0.6 is 36.2 Å². The van der Waals surface area contributed by atoms with E-state index in [2.05, 4.69) is 30.4 Å². The fourth-order valence-electron chi connectivity index (χ4n) is 1.99. The second-order valence-electron chi connectivity index (χ2n) is 4.84. The number of aryl methyl sites for hydroxylation is 1. The Morgan fingerprint density at radius 1 is 1.19 bits per heavy atom. The number of aliphatic imine (C=N–C) groups is 1. The van der Waals surface area contributed by atoms with Crippen LogP contribution in [0.2, 0.25) is 0 Å². The van der Waals surface area contributed by atoms with Crippen LogP contribution < -0.4 is 22.5 Å². The second kappa shape index (κ2) is 9.17. The van der Waals surface area contributed by atoms with E-state index >= 15 is 0 Å². The molecule has 0 aliphatic heterocycles. The molecule has 26 heavy (non-hydrogen) atoms. The first kappa shape index (κ1) is 21.4. The number of rotatable bonds is 5. The highest BCUT2D eigenvalue weighted by molar-refractivity contribution is 7.13. The van der Waals surface area contributed by atoms with Gasteiger partial charge in [0, 0.05) is 12.4 Å². The van der Waals surface area contributed by atoms with Crippen molar-refractivity contribution in [1.82, 2.24) is 24.7 Å². The maximum atomic E-state index is 5.55. The molecular formula is C13H18Cl2N10S. The lowest BCUT2D eigenvalue weighted by molar-refractivity contribution is 0.769. The summed E-state index contributed by atoms with van der Waals surface area (Å²) in [4.78, 5) is 16.9. The third-order valence-corrected chi connectivity index (χ3v) is 3.73. The molecule has 0 fully saturated rings. The molecule has 3 aromatic rings. The van der Waals surface area contributed by atoms with Crippen LogP contribution in [0, 0.1) is 0 Å². The molecule has 10 nitrogen and oxygen atoms in total. The van der Waals surface area contributed by atoms with Gasteiger partial charge in [-0.25, -0.2) is 14.6 Å². The van der Waals surface area contributed by atoms with Crippen LogP contribution in [0.4, 0.5) is 17.0 Å². The maximum absolute atomic E-state index is 5.55. The first-order valence-corrected chi connectivity index (χ1v) is 7.81. The van der Waals surface area contributed by atoms with Gasteiger partial charge in [0.1, 0.15) is 5.69 Å². The Morgan fingerprint density at radius 2 is 1.96 bits per heavy atom. The molecule has 0 spiro atoms. The summed E-state index contributed by atoms with van der Waals surface area (Å²) in [6.45, 7) is 0.477. The van der Waals surface area contributed by atoms with Gasteiger partial charge in [0.05, 0.1) is 17.9 Å². The SMILES string of the molecule is Cl.Cl.Cn1nc(N)nc1NCc1cccc(-c2csc(N=C(N)N)n2)n1. The minimum atomic E-state index is -0.0234. The van der Waals surface area contributed by atoms with Crippen molar-refractivity contribution in [3.8, 4) is 11.4 Å². The van der Waals surface area contributed by atoms with Gasteiger partial charge in [-0.2, -0.15) is 9.98 Å². The number of hydrogen-bond donors (Lipinski definition) is 4.